The summed E-state index contributed by atoms with van der Waals surface area (Å²) in [6.45, 7) is 3.86. The summed E-state index contributed by atoms with van der Waals surface area (Å²) in [6.07, 6.45) is 8.34. The molecule has 2 saturated heterocycles. The lowest BCUT2D eigenvalue weighted by atomic mass is 9.65. The van der Waals surface area contributed by atoms with Crippen LogP contribution in [0.25, 0.3) is 0 Å². The van der Waals surface area contributed by atoms with Crippen LogP contribution in [0.4, 0.5) is 4.39 Å². The molecule has 2 aromatic rings. The van der Waals surface area contributed by atoms with Gasteiger partial charge in [0, 0.05) is 19.6 Å². The van der Waals surface area contributed by atoms with Crippen LogP contribution in [-0.2, 0) is 27.8 Å². The van der Waals surface area contributed by atoms with Crippen LogP contribution < -0.4 is 10.0 Å². The molecule has 0 aliphatic carbocycles. The number of rotatable bonds is 8. The van der Waals surface area contributed by atoms with E-state index < -0.39 is 16.1 Å². The SMILES string of the molecule is CS(=O)(=O)N[C@@H](Cc1ccc(F)cc1)C(=O)N1CCC(Cn2cncn2)(C2CCNCC2)CC1. The molecular weight excluding hydrogens is 459 g/mol. The Morgan fingerprint density at radius 2 is 1.91 bits per heavy atom. The van der Waals surface area contributed by atoms with Crippen LogP contribution in [0.1, 0.15) is 31.2 Å². The molecule has 0 spiro atoms. The molecular formula is C23H33FN6O3S. The Morgan fingerprint density at radius 3 is 2.50 bits per heavy atom. The number of nitrogens with one attached hydrogen (secondary N) is 2. The van der Waals surface area contributed by atoms with Gasteiger partial charge in [-0.1, -0.05) is 12.1 Å². The number of amides is 1. The fourth-order valence-corrected chi connectivity index (χ4v) is 6.15. The Hall–Kier alpha value is -2.37. The summed E-state index contributed by atoms with van der Waals surface area (Å²) >= 11 is 0. The summed E-state index contributed by atoms with van der Waals surface area (Å²) in [5, 5.41) is 7.76. The zero-order chi connectivity index (χ0) is 24.2. The molecule has 0 unspecified atom stereocenters. The molecule has 1 aromatic carbocycles. The van der Waals surface area contributed by atoms with Crippen molar-refractivity contribution in [1.82, 2.24) is 29.7 Å². The Kier molecular flexibility index (Phi) is 7.63. The number of piperidine rings is 2. The van der Waals surface area contributed by atoms with Crippen molar-refractivity contribution >= 4 is 15.9 Å². The molecule has 2 fully saturated rings. The molecule has 186 valence electrons. The maximum atomic E-state index is 13.4. The fraction of sp³-hybridized carbons (Fsp3) is 0.609. The van der Waals surface area contributed by atoms with Crippen LogP contribution in [0.5, 0.6) is 0 Å². The van der Waals surface area contributed by atoms with Gasteiger partial charge < -0.3 is 10.2 Å². The lowest BCUT2D eigenvalue weighted by molar-refractivity contribution is -0.136. The maximum absolute atomic E-state index is 13.4. The van der Waals surface area contributed by atoms with Gasteiger partial charge in [-0.3, -0.25) is 9.48 Å². The van der Waals surface area contributed by atoms with E-state index in [1.807, 2.05) is 4.68 Å². The van der Waals surface area contributed by atoms with Gasteiger partial charge in [-0.2, -0.15) is 5.10 Å². The van der Waals surface area contributed by atoms with Crippen molar-refractivity contribution in [2.45, 2.75) is 44.7 Å². The Balaban J connectivity index is 1.48. The lowest BCUT2D eigenvalue weighted by Gasteiger charge is -2.48. The van der Waals surface area contributed by atoms with E-state index in [-0.39, 0.29) is 23.6 Å². The topological polar surface area (TPSA) is 109 Å². The highest BCUT2D eigenvalue weighted by molar-refractivity contribution is 7.88. The smallest absolute Gasteiger partial charge is 0.241 e. The van der Waals surface area contributed by atoms with Crippen molar-refractivity contribution < 1.29 is 17.6 Å². The van der Waals surface area contributed by atoms with Crippen LogP contribution in [0.2, 0.25) is 0 Å². The van der Waals surface area contributed by atoms with E-state index in [0.29, 0.717) is 24.6 Å². The number of carbonyl (C=O) groups excluding carboxylic acids is 1. The van der Waals surface area contributed by atoms with E-state index >= 15 is 0 Å². The predicted molar refractivity (Wildman–Crippen MR) is 126 cm³/mol. The molecule has 0 bridgehead atoms. The molecule has 11 heteroatoms. The first-order valence-corrected chi connectivity index (χ1v) is 13.7. The van der Waals surface area contributed by atoms with E-state index in [4.69, 9.17) is 0 Å². The molecule has 1 atom stereocenters. The van der Waals surface area contributed by atoms with E-state index in [2.05, 4.69) is 20.1 Å². The molecule has 0 radical (unpaired) electrons. The monoisotopic (exact) mass is 492 g/mol. The number of halogens is 1. The first-order valence-electron chi connectivity index (χ1n) is 11.8. The summed E-state index contributed by atoms with van der Waals surface area (Å²) < 4.78 is 41.7. The van der Waals surface area contributed by atoms with Crippen molar-refractivity contribution in [2.75, 3.05) is 32.4 Å². The number of carbonyl (C=O) groups is 1. The fourth-order valence-electron chi connectivity index (χ4n) is 5.45. The summed E-state index contributed by atoms with van der Waals surface area (Å²) in [5.74, 6) is -0.0888. The van der Waals surface area contributed by atoms with Crippen LogP contribution in [0.15, 0.2) is 36.9 Å². The zero-order valence-electron chi connectivity index (χ0n) is 19.5. The minimum absolute atomic E-state index is 0.0172. The number of hydrogen-bond acceptors (Lipinski definition) is 6. The quantitative estimate of drug-likeness (QED) is 0.573. The average Bonchev–Trinajstić information content (AvgIpc) is 3.33. The van der Waals surface area contributed by atoms with Gasteiger partial charge in [0.15, 0.2) is 0 Å². The lowest BCUT2D eigenvalue weighted by Crippen LogP contribution is -2.55. The van der Waals surface area contributed by atoms with Gasteiger partial charge in [0.05, 0.1) is 6.26 Å². The maximum Gasteiger partial charge on any atom is 0.241 e. The molecule has 2 aliphatic rings. The van der Waals surface area contributed by atoms with Gasteiger partial charge in [-0.15, -0.1) is 0 Å². The molecule has 4 rings (SSSR count). The van der Waals surface area contributed by atoms with Crippen molar-refractivity contribution in [3.8, 4) is 0 Å². The Labute approximate surface area is 200 Å². The molecule has 1 aromatic heterocycles. The summed E-state index contributed by atoms with van der Waals surface area (Å²) in [5.41, 5.74) is 0.715. The second kappa shape index (κ2) is 10.5. The largest absolute Gasteiger partial charge is 0.341 e. The van der Waals surface area contributed by atoms with Gasteiger partial charge >= 0.3 is 0 Å². The van der Waals surface area contributed by atoms with E-state index in [0.717, 1.165) is 51.6 Å². The average molecular weight is 493 g/mol. The normalized spacial score (nSPS) is 20.2. The molecule has 1 amide bonds. The van der Waals surface area contributed by atoms with E-state index in [1.54, 1.807) is 29.7 Å². The second-order valence-corrected chi connectivity index (χ2v) is 11.4. The van der Waals surface area contributed by atoms with Gasteiger partial charge in [-0.05, 0) is 74.2 Å². The van der Waals surface area contributed by atoms with Gasteiger partial charge in [-0.25, -0.2) is 22.5 Å². The molecule has 0 saturated carbocycles. The third-order valence-electron chi connectivity index (χ3n) is 7.23. The van der Waals surface area contributed by atoms with Gasteiger partial charge in [0.25, 0.3) is 0 Å². The molecule has 9 nitrogen and oxygen atoms in total. The Bertz CT molecular complexity index is 1050. The van der Waals surface area contributed by atoms with Crippen LogP contribution in [0, 0.1) is 17.2 Å². The summed E-state index contributed by atoms with van der Waals surface area (Å²) in [6, 6.07) is 4.86. The standard InChI is InChI=1S/C23H33FN6O3S/c1-34(32,33)28-21(14-18-2-4-20(24)5-3-18)22(31)29-12-8-23(9-13-29,15-30-17-26-16-27-30)19-6-10-25-11-7-19/h2-5,16-17,19,21,25,28H,6-15H2,1H3/t21-/m0/s1. The second-order valence-electron chi connectivity index (χ2n) is 9.58. The first kappa shape index (κ1) is 24.7. The molecule has 3 heterocycles. The highest BCUT2D eigenvalue weighted by atomic mass is 32.2. The molecule has 2 aliphatic heterocycles. The third kappa shape index (κ3) is 6.19. The highest BCUT2D eigenvalue weighted by Crippen LogP contribution is 2.44. The minimum atomic E-state index is -3.61. The van der Waals surface area contributed by atoms with Crippen LogP contribution in [0.3, 0.4) is 0 Å². The molecule has 34 heavy (non-hydrogen) atoms. The van der Waals surface area contributed by atoms with E-state index in [9.17, 15) is 17.6 Å². The number of sulfonamides is 1. The summed E-state index contributed by atoms with van der Waals surface area (Å²) in [4.78, 5) is 19.3. The van der Waals surface area contributed by atoms with Gasteiger partial charge in [0.2, 0.25) is 15.9 Å². The summed E-state index contributed by atoms with van der Waals surface area (Å²) in [7, 11) is -3.61. The zero-order valence-corrected chi connectivity index (χ0v) is 20.3. The molecule has 2 N–H and O–H groups in total. The third-order valence-corrected chi connectivity index (χ3v) is 7.94. The predicted octanol–water partition coefficient (Wildman–Crippen LogP) is 1.19. The van der Waals surface area contributed by atoms with Crippen molar-refractivity contribution in [1.29, 1.82) is 0 Å². The minimum Gasteiger partial charge on any atom is -0.341 e. The van der Waals surface area contributed by atoms with Crippen molar-refractivity contribution in [2.24, 2.45) is 11.3 Å². The number of likely N-dealkylation sites (tertiary alicyclic amines) is 1. The number of hydrogen-bond donors (Lipinski definition) is 2. The number of nitrogens with zero attached hydrogens (tertiary/aromatic N) is 4. The first-order chi connectivity index (χ1) is 16.2. The van der Waals surface area contributed by atoms with Crippen LogP contribution in [-0.4, -0.2) is 72.5 Å². The Morgan fingerprint density at radius 1 is 1.24 bits per heavy atom. The van der Waals surface area contributed by atoms with Crippen molar-refractivity contribution in [3.05, 3.63) is 48.3 Å². The van der Waals surface area contributed by atoms with Crippen molar-refractivity contribution in [3.63, 3.8) is 0 Å². The van der Waals surface area contributed by atoms with Crippen LogP contribution >= 0.6 is 0 Å². The van der Waals surface area contributed by atoms with E-state index in [1.165, 1.54) is 12.1 Å². The highest BCUT2D eigenvalue weighted by Gasteiger charge is 2.43. The number of aromatic nitrogens is 3. The number of benzene rings is 1. The van der Waals surface area contributed by atoms with Gasteiger partial charge in [0.1, 0.15) is 24.5 Å².